The number of hydrogen-bond acceptors (Lipinski definition) is 3. The van der Waals surface area contributed by atoms with Gasteiger partial charge in [0.25, 0.3) is 0 Å². The number of hydrogen-bond donors (Lipinski definition) is 3. The number of nitrogens with zero attached hydrogens (tertiary/aromatic N) is 2. The normalized spacial score (nSPS) is 20.2. The maximum atomic E-state index is 11.5. The van der Waals surface area contributed by atoms with Crippen molar-refractivity contribution >= 4 is 27.8 Å². The Balaban J connectivity index is 1.47. The Morgan fingerprint density at radius 2 is 2.00 bits per heavy atom. The number of carbonyl (C=O) groups excluding carboxylic acids is 1. The molecule has 0 bridgehead atoms. The van der Waals surface area contributed by atoms with Gasteiger partial charge < -0.3 is 16.0 Å². The van der Waals surface area contributed by atoms with Gasteiger partial charge in [0.05, 0.1) is 6.54 Å². The van der Waals surface area contributed by atoms with Crippen molar-refractivity contribution in [1.82, 2.24) is 20.9 Å². The molecule has 0 atom stereocenters. The highest BCUT2D eigenvalue weighted by Crippen LogP contribution is 2.49. The van der Waals surface area contributed by atoms with Crippen LogP contribution in [0.3, 0.4) is 0 Å². The van der Waals surface area contributed by atoms with Gasteiger partial charge in [-0.3, -0.25) is 14.7 Å². The minimum Gasteiger partial charge on any atom is -0.358 e. The average molecular weight is 436 g/mol. The summed E-state index contributed by atoms with van der Waals surface area (Å²) in [6.45, 7) is 3.25. The minimum absolute atomic E-state index is 0.0840. The molecule has 1 aromatic rings. The number of likely N-dealkylation sites (N-methyl/N-ethyl adjacent to an activating group) is 1. The number of halogens is 1. The standard InChI is InChI=1S/C20H30BrN5O/c1-22-18(27)13-26-11-7-15(8-12-26)25-19(23-2)24-14-20(9-10-20)16-5-3-4-6-17(16)21/h3-6,15H,7-14H2,1-2H3,(H,22,27)(H2,23,24,25). The zero-order valence-electron chi connectivity index (χ0n) is 16.2. The molecule has 2 fully saturated rings. The fraction of sp³-hybridized carbons (Fsp3) is 0.600. The number of benzene rings is 1. The van der Waals surface area contributed by atoms with Crippen LogP contribution in [0.25, 0.3) is 0 Å². The lowest BCUT2D eigenvalue weighted by molar-refractivity contribution is -0.122. The number of nitrogens with one attached hydrogen (secondary N) is 3. The number of rotatable bonds is 6. The van der Waals surface area contributed by atoms with Gasteiger partial charge in [-0.15, -0.1) is 0 Å². The van der Waals surface area contributed by atoms with Crippen LogP contribution in [0.5, 0.6) is 0 Å². The maximum Gasteiger partial charge on any atom is 0.233 e. The highest BCUT2D eigenvalue weighted by molar-refractivity contribution is 9.10. The largest absolute Gasteiger partial charge is 0.358 e. The van der Waals surface area contributed by atoms with E-state index in [0.717, 1.165) is 38.4 Å². The lowest BCUT2D eigenvalue weighted by Crippen LogP contribution is -2.50. The van der Waals surface area contributed by atoms with Crippen molar-refractivity contribution in [3.63, 3.8) is 0 Å². The van der Waals surface area contributed by atoms with Crippen LogP contribution in [0, 0.1) is 0 Å². The van der Waals surface area contributed by atoms with Crippen molar-refractivity contribution in [3.8, 4) is 0 Å². The van der Waals surface area contributed by atoms with E-state index in [2.05, 4.69) is 66.0 Å². The van der Waals surface area contributed by atoms with Gasteiger partial charge in [-0.1, -0.05) is 34.1 Å². The van der Waals surface area contributed by atoms with E-state index >= 15 is 0 Å². The van der Waals surface area contributed by atoms with E-state index < -0.39 is 0 Å². The van der Waals surface area contributed by atoms with E-state index in [-0.39, 0.29) is 11.3 Å². The van der Waals surface area contributed by atoms with Crippen LogP contribution in [0.4, 0.5) is 0 Å². The summed E-state index contributed by atoms with van der Waals surface area (Å²) in [6, 6.07) is 8.91. The summed E-state index contributed by atoms with van der Waals surface area (Å²) < 4.78 is 1.19. The average Bonchev–Trinajstić information content (AvgIpc) is 3.47. The van der Waals surface area contributed by atoms with E-state index in [1.165, 1.54) is 22.9 Å². The summed E-state index contributed by atoms with van der Waals surface area (Å²) in [5, 5.41) is 9.79. The summed E-state index contributed by atoms with van der Waals surface area (Å²) in [5.41, 5.74) is 1.60. The Labute approximate surface area is 170 Å². The summed E-state index contributed by atoms with van der Waals surface area (Å²) in [6.07, 6.45) is 4.45. The van der Waals surface area contributed by atoms with Crippen LogP contribution in [-0.2, 0) is 10.2 Å². The summed E-state index contributed by atoms with van der Waals surface area (Å²) >= 11 is 3.70. The Bertz CT molecular complexity index is 681. The molecular formula is C20H30BrN5O. The Kier molecular flexibility index (Phi) is 6.76. The van der Waals surface area contributed by atoms with E-state index in [1.807, 2.05) is 7.05 Å². The van der Waals surface area contributed by atoms with Crippen molar-refractivity contribution in [2.24, 2.45) is 4.99 Å². The van der Waals surface area contributed by atoms with Gasteiger partial charge in [0.15, 0.2) is 5.96 Å². The molecule has 27 heavy (non-hydrogen) atoms. The number of guanidine groups is 1. The molecule has 1 heterocycles. The first-order chi connectivity index (χ1) is 13.1. The molecule has 0 spiro atoms. The van der Waals surface area contributed by atoms with Gasteiger partial charge in [-0.2, -0.15) is 0 Å². The molecule has 3 N–H and O–H groups in total. The molecule has 1 saturated heterocycles. The monoisotopic (exact) mass is 435 g/mol. The number of likely N-dealkylation sites (tertiary alicyclic amines) is 1. The van der Waals surface area contributed by atoms with Crippen LogP contribution >= 0.6 is 15.9 Å². The highest BCUT2D eigenvalue weighted by atomic mass is 79.9. The third-order valence-electron chi connectivity index (χ3n) is 5.69. The summed E-state index contributed by atoms with van der Waals surface area (Å²) in [7, 11) is 3.51. The van der Waals surface area contributed by atoms with Crippen molar-refractivity contribution in [3.05, 3.63) is 34.3 Å². The molecule has 7 heteroatoms. The smallest absolute Gasteiger partial charge is 0.233 e. The molecule has 1 aliphatic heterocycles. The third kappa shape index (κ3) is 5.23. The van der Waals surface area contributed by atoms with E-state index in [1.54, 1.807) is 7.05 Å². The predicted octanol–water partition coefficient (Wildman–Crippen LogP) is 1.86. The van der Waals surface area contributed by atoms with Crippen molar-refractivity contribution in [1.29, 1.82) is 0 Å². The number of carbonyl (C=O) groups is 1. The molecule has 0 radical (unpaired) electrons. The fourth-order valence-electron chi connectivity index (χ4n) is 3.74. The zero-order valence-corrected chi connectivity index (χ0v) is 17.8. The molecule has 148 valence electrons. The zero-order chi connectivity index (χ0) is 19.3. The first-order valence-corrected chi connectivity index (χ1v) is 10.5. The van der Waals surface area contributed by atoms with Crippen LogP contribution < -0.4 is 16.0 Å². The van der Waals surface area contributed by atoms with Gasteiger partial charge in [0, 0.05) is 49.7 Å². The Morgan fingerprint density at radius 1 is 1.30 bits per heavy atom. The van der Waals surface area contributed by atoms with Crippen LogP contribution in [0.2, 0.25) is 0 Å². The van der Waals surface area contributed by atoms with Gasteiger partial charge in [-0.05, 0) is 37.3 Å². The molecule has 2 aliphatic rings. The summed E-state index contributed by atoms with van der Waals surface area (Å²) in [5.74, 6) is 0.957. The van der Waals surface area contributed by atoms with Gasteiger partial charge >= 0.3 is 0 Å². The lowest BCUT2D eigenvalue weighted by Gasteiger charge is -2.32. The fourth-order valence-corrected chi connectivity index (χ4v) is 4.45. The Morgan fingerprint density at radius 3 is 2.59 bits per heavy atom. The molecule has 0 unspecified atom stereocenters. The van der Waals surface area contributed by atoms with Gasteiger partial charge in [0.2, 0.25) is 5.91 Å². The maximum absolute atomic E-state index is 11.5. The number of piperidine rings is 1. The third-order valence-corrected chi connectivity index (χ3v) is 6.38. The van der Waals surface area contributed by atoms with E-state index in [0.29, 0.717) is 12.6 Å². The van der Waals surface area contributed by atoms with E-state index in [4.69, 9.17) is 0 Å². The molecule has 6 nitrogen and oxygen atoms in total. The molecule has 1 saturated carbocycles. The molecule has 1 amide bonds. The second kappa shape index (κ2) is 9.06. The van der Waals surface area contributed by atoms with Crippen molar-refractivity contribution in [2.75, 3.05) is 40.3 Å². The quantitative estimate of drug-likeness (QED) is 0.471. The minimum atomic E-state index is 0.0840. The second-order valence-corrected chi connectivity index (χ2v) is 8.41. The van der Waals surface area contributed by atoms with E-state index in [9.17, 15) is 4.79 Å². The summed E-state index contributed by atoms with van der Waals surface area (Å²) in [4.78, 5) is 18.1. The van der Waals surface area contributed by atoms with Crippen LogP contribution in [0.15, 0.2) is 33.7 Å². The molecule has 1 aromatic carbocycles. The number of aliphatic imine (C=N–C) groups is 1. The van der Waals surface area contributed by atoms with Crippen LogP contribution in [0.1, 0.15) is 31.2 Å². The first kappa shape index (κ1) is 20.1. The molecule has 1 aliphatic carbocycles. The SMILES string of the molecule is CN=C(NCC1(c2ccccc2Br)CC1)NC1CCN(CC(=O)NC)CC1. The molecule has 3 rings (SSSR count). The molecular weight excluding hydrogens is 406 g/mol. The molecule has 0 aromatic heterocycles. The van der Waals surface area contributed by atoms with Crippen molar-refractivity contribution < 1.29 is 4.79 Å². The lowest BCUT2D eigenvalue weighted by atomic mass is 9.96. The topological polar surface area (TPSA) is 68.8 Å². The van der Waals surface area contributed by atoms with Crippen LogP contribution in [-0.4, -0.2) is 63.1 Å². The van der Waals surface area contributed by atoms with Crippen molar-refractivity contribution in [2.45, 2.75) is 37.1 Å². The first-order valence-electron chi connectivity index (χ1n) is 9.71. The second-order valence-electron chi connectivity index (χ2n) is 7.55. The van der Waals surface area contributed by atoms with Gasteiger partial charge in [-0.25, -0.2) is 0 Å². The van der Waals surface area contributed by atoms with Gasteiger partial charge in [0.1, 0.15) is 0 Å². The number of amides is 1. The highest BCUT2D eigenvalue weighted by Gasteiger charge is 2.45. The predicted molar refractivity (Wildman–Crippen MR) is 113 cm³/mol. The Hall–Kier alpha value is -1.60.